The minimum Gasteiger partial charge on any atom is -0.436 e. The lowest BCUT2D eigenvalue weighted by molar-refractivity contribution is -0.137. The van der Waals surface area contributed by atoms with Gasteiger partial charge in [-0.25, -0.2) is 4.98 Å². The number of aromatic nitrogens is 1. The van der Waals surface area contributed by atoms with E-state index in [9.17, 15) is 13.2 Å². The summed E-state index contributed by atoms with van der Waals surface area (Å²) in [6.07, 6.45) is -3.90. The maximum atomic E-state index is 12.5. The molecule has 0 fully saturated rings. The second-order valence-electron chi connectivity index (χ2n) is 4.85. The van der Waals surface area contributed by atoms with Crippen LogP contribution in [0.15, 0.2) is 35.6 Å². The quantitative estimate of drug-likeness (QED) is 0.378. The standard InChI is InChI=1S/C15H9Cl2F3N6O/c16-9-3-8(25-26-11(5-21)14(22)23)4-10(17)13(9)27-12-2-1-7(6-24-12)15(18,19)20/h1-4,6,25H,(H3,22,23)/b26-11+. The van der Waals surface area contributed by atoms with Gasteiger partial charge in [-0.15, -0.1) is 0 Å². The number of hydrogen-bond acceptors (Lipinski definition) is 6. The van der Waals surface area contributed by atoms with Crippen LogP contribution in [0.5, 0.6) is 11.6 Å². The normalized spacial score (nSPS) is 11.6. The summed E-state index contributed by atoms with van der Waals surface area (Å²) in [5.74, 6) is -0.711. The topological polar surface area (TPSA) is 120 Å². The Bertz CT molecular complexity index is 915. The van der Waals surface area contributed by atoms with Crippen LogP contribution >= 0.6 is 23.2 Å². The lowest BCUT2D eigenvalue weighted by Crippen LogP contribution is -2.21. The van der Waals surface area contributed by atoms with Gasteiger partial charge in [0.15, 0.2) is 11.6 Å². The number of ether oxygens (including phenoxy) is 1. The monoisotopic (exact) mass is 416 g/mol. The number of rotatable bonds is 5. The van der Waals surface area contributed by atoms with Crippen LogP contribution in [0.1, 0.15) is 5.56 Å². The fraction of sp³-hybridized carbons (Fsp3) is 0.0667. The number of pyridine rings is 1. The largest absolute Gasteiger partial charge is 0.436 e. The number of nitrogens with zero attached hydrogens (tertiary/aromatic N) is 3. The molecule has 12 heteroatoms. The van der Waals surface area contributed by atoms with Gasteiger partial charge in [-0.05, 0) is 18.2 Å². The highest BCUT2D eigenvalue weighted by atomic mass is 35.5. The van der Waals surface area contributed by atoms with Crippen LogP contribution in [-0.2, 0) is 6.18 Å². The van der Waals surface area contributed by atoms with Crippen molar-refractivity contribution in [3.8, 4) is 17.7 Å². The van der Waals surface area contributed by atoms with E-state index in [-0.39, 0.29) is 33.1 Å². The molecule has 7 nitrogen and oxygen atoms in total. The summed E-state index contributed by atoms with van der Waals surface area (Å²) in [5, 5.41) is 19.5. The molecule has 2 aromatic rings. The second-order valence-corrected chi connectivity index (χ2v) is 5.67. The highest BCUT2D eigenvalue weighted by Gasteiger charge is 2.30. The van der Waals surface area contributed by atoms with Crippen molar-refractivity contribution in [2.75, 3.05) is 5.43 Å². The molecule has 0 aliphatic heterocycles. The van der Waals surface area contributed by atoms with E-state index in [1.54, 1.807) is 6.07 Å². The fourth-order valence-electron chi connectivity index (χ4n) is 1.70. The van der Waals surface area contributed by atoms with E-state index < -0.39 is 17.6 Å². The zero-order chi connectivity index (χ0) is 20.2. The summed E-state index contributed by atoms with van der Waals surface area (Å²) in [7, 11) is 0. The molecule has 0 saturated heterocycles. The first-order valence-corrected chi connectivity index (χ1v) is 7.65. The highest BCUT2D eigenvalue weighted by molar-refractivity contribution is 6.45. The fourth-order valence-corrected chi connectivity index (χ4v) is 2.26. The van der Waals surface area contributed by atoms with Crippen molar-refractivity contribution < 1.29 is 17.9 Å². The maximum Gasteiger partial charge on any atom is 0.417 e. The molecular weight excluding hydrogens is 408 g/mol. The third kappa shape index (κ3) is 5.22. The third-order valence-electron chi connectivity index (χ3n) is 2.93. The van der Waals surface area contributed by atoms with Gasteiger partial charge in [0, 0.05) is 12.3 Å². The molecule has 0 aliphatic carbocycles. The SMILES string of the molecule is N#C/C(=N\Nc1cc(Cl)c(Oc2ccc(C(F)(F)F)cn2)c(Cl)c1)C(=N)N. The molecule has 1 heterocycles. The molecule has 4 N–H and O–H groups in total. The number of nitrogens with one attached hydrogen (secondary N) is 2. The molecule has 0 unspecified atom stereocenters. The minimum absolute atomic E-state index is 0.00299. The number of anilines is 1. The van der Waals surface area contributed by atoms with Crippen LogP contribution in [0, 0.1) is 16.7 Å². The number of nitrogens with two attached hydrogens (primary N) is 1. The van der Waals surface area contributed by atoms with E-state index in [4.69, 9.17) is 44.3 Å². The number of alkyl halides is 3. The van der Waals surface area contributed by atoms with Gasteiger partial charge < -0.3 is 10.5 Å². The Labute approximate surface area is 160 Å². The Kier molecular flexibility index (Phi) is 6.09. The van der Waals surface area contributed by atoms with Crippen LogP contribution in [-0.4, -0.2) is 16.5 Å². The summed E-state index contributed by atoms with van der Waals surface area (Å²) in [5.41, 5.74) is 6.59. The Morgan fingerprint density at radius 1 is 1.30 bits per heavy atom. The Morgan fingerprint density at radius 3 is 2.37 bits per heavy atom. The first kappa shape index (κ1) is 20.3. The first-order valence-electron chi connectivity index (χ1n) is 6.90. The number of benzene rings is 1. The molecule has 140 valence electrons. The summed E-state index contributed by atoms with van der Waals surface area (Å²) in [4.78, 5) is 3.56. The van der Waals surface area contributed by atoms with Crippen LogP contribution in [0.3, 0.4) is 0 Å². The van der Waals surface area contributed by atoms with E-state index in [1.807, 2.05) is 0 Å². The smallest absolute Gasteiger partial charge is 0.417 e. The van der Waals surface area contributed by atoms with Gasteiger partial charge in [0.2, 0.25) is 11.6 Å². The highest BCUT2D eigenvalue weighted by Crippen LogP contribution is 2.39. The molecule has 0 bridgehead atoms. The van der Waals surface area contributed by atoms with E-state index in [0.29, 0.717) is 6.20 Å². The minimum atomic E-state index is -4.52. The average molecular weight is 417 g/mol. The van der Waals surface area contributed by atoms with Crippen molar-refractivity contribution in [3.05, 3.63) is 46.1 Å². The molecule has 0 spiro atoms. The van der Waals surface area contributed by atoms with E-state index in [2.05, 4.69) is 15.5 Å². The van der Waals surface area contributed by atoms with Gasteiger partial charge in [0.05, 0.1) is 21.3 Å². The average Bonchev–Trinajstić information content (AvgIpc) is 2.58. The van der Waals surface area contributed by atoms with Crippen LogP contribution < -0.4 is 15.9 Å². The van der Waals surface area contributed by atoms with Crippen molar-refractivity contribution >= 4 is 40.4 Å². The molecule has 27 heavy (non-hydrogen) atoms. The van der Waals surface area contributed by atoms with Crippen LogP contribution in [0.25, 0.3) is 0 Å². The summed E-state index contributed by atoms with van der Waals surface area (Å²) in [6, 6.07) is 6.13. The molecule has 0 saturated carbocycles. The van der Waals surface area contributed by atoms with Crippen molar-refractivity contribution in [3.63, 3.8) is 0 Å². The maximum absolute atomic E-state index is 12.5. The van der Waals surface area contributed by atoms with Gasteiger partial charge in [-0.3, -0.25) is 10.8 Å². The molecule has 2 rings (SSSR count). The molecule has 1 aromatic heterocycles. The van der Waals surface area contributed by atoms with E-state index >= 15 is 0 Å². The van der Waals surface area contributed by atoms with Crippen molar-refractivity contribution in [2.24, 2.45) is 10.8 Å². The Balaban J connectivity index is 2.22. The number of halogens is 5. The van der Waals surface area contributed by atoms with E-state index in [1.165, 1.54) is 12.1 Å². The molecule has 1 aromatic carbocycles. The molecule has 0 aliphatic rings. The Hall–Kier alpha value is -3.03. The number of nitriles is 1. The Morgan fingerprint density at radius 2 is 1.93 bits per heavy atom. The van der Waals surface area contributed by atoms with Gasteiger partial charge in [0.1, 0.15) is 6.07 Å². The lowest BCUT2D eigenvalue weighted by Gasteiger charge is -2.12. The van der Waals surface area contributed by atoms with E-state index in [0.717, 1.165) is 12.1 Å². The second kappa shape index (κ2) is 8.11. The predicted octanol–water partition coefficient (Wildman–Crippen LogP) is 4.43. The summed E-state index contributed by atoms with van der Waals surface area (Å²) in [6.45, 7) is 0. The predicted molar refractivity (Wildman–Crippen MR) is 94.4 cm³/mol. The first-order chi connectivity index (χ1) is 12.6. The molecule has 0 radical (unpaired) electrons. The van der Waals surface area contributed by atoms with Crippen molar-refractivity contribution in [1.82, 2.24) is 4.98 Å². The van der Waals surface area contributed by atoms with Crippen molar-refractivity contribution in [2.45, 2.75) is 6.18 Å². The summed E-state index contributed by atoms with van der Waals surface area (Å²) < 4.78 is 43.0. The van der Waals surface area contributed by atoms with Gasteiger partial charge in [-0.2, -0.15) is 23.5 Å². The lowest BCUT2D eigenvalue weighted by atomic mass is 10.3. The number of amidine groups is 1. The van der Waals surface area contributed by atoms with Crippen LogP contribution in [0.4, 0.5) is 18.9 Å². The van der Waals surface area contributed by atoms with Crippen molar-refractivity contribution in [1.29, 1.82) is 10.7 Å². The molecule has 0 atom stereocenters. The molecule has 0 amide bonds. The number of hydrazone groups is 1. The van der Waals surface area contributed by atoms with Gasteiger partial charge in [-0.1, -0.05) is 23.2 Å². The van der Waals surface area contributed by atoms with Gasteiger partial charge >= 0.3 is 6.18 Å². The van der Waals surface area contributed by atoms with Crippen LogP contribution in [0.2, 0.25) is 10.0 Å². The number of hydrogen-bond donors (Lipinski definition) is 3. The zero-order valence-electron chi connectivity index (χ0n) is 13.1. The molecular formula is C15H9Cl2F3N6O. The van der Waals surface area contributed by atoms with Gasteiger partial charge in [0.25, 0.3) is 0 Å². The zero-order valence-corrected chi connectivity index (χ0v) is 14.6. The summed E-state index contributed by atoms with van der Waals surface area (Å²) >= 11 is 12.1. The third-order valence-corrected chi connectivity index (χ3v) is 3.49.